The molecule has 3 atom stereocenters. The minimum absolute atomic E-state index is 0.149. The summed E-state index contributed by atoms with van der Waals surface area (Å²) in [5.74, 6) is -2.57. The number of carbonyl (C=O) groups is 3. The highest BCUT2D eigenvalue weighted by atomic mass is 16.6. The molecule has 2 aromatic rings. The summed E-state index contributed by atoms with van der Waals surface area (Å²) in [6.07, 6.45) is -1.12. The molecule has 0 heterocycles. The number of ether oxygens (including phenoxy) is 2. The van der Waals surface area contributed by atoms with Gasteiger partial charge in [0, 0.05) is 7.05 Å². The Balaban J connectivity index is 2.50. The first-order valence-corrected chi connectivity index (χ1v) is 12.2. The van der Waals surface area contributed by atoms with Crippen LogP contribution in [0.1, 0.15) is 47.1 Å². The Labute approximate surface area is 213 Å². The van der Waals surface area contributed by atoms with E-state index in [1.807, 2.05) is 63.2 Å². The van der Waals surface area contributed by atoms with E-state index in [0.717, 1.165) is 16.3 Å². The van der Waals surface area contributed by atoms with Gasteiger partial charge in [-0.15, -0.1) is 0 Å². The second-order valence-electron chi connectivity index (χ2n) is 11.0. The number of likely N-dealkylation sites (N-methyl/N-ethyl adjacent to an activating group) is 1. The van der Waals surface area contributed by atoms with E-state index in [4.69, 9.17) is 9.47 Å². The Kier molecular flexibility index (Phi) is 10.0. The molecule has 0 radical (unpaired) electrons. The molecule has 0 fully saturated rings. The third-order valence-corrected chi connectivity index (χ3v) is 5.66. The van der Waals surface area contributed by atoms with E-state index in [1.165, 1.54) is 7.05 Å². The van der Waals surface area contributed by atoms with Gasteiger partial charge in [-0.25, -0.2) is 4.79 Å². The van der Waals surface area contributed by atoms with Crippen molar-refractivity contribution in [1.29, 1.82) is 0 Å². The second kappa shape index (κ2) is 12.3. The first kappa shape index (κ1) is 29.3. The van der Waals surface area contributed by atoms with Crippen LogP contribution in [0.25, 0.3) is 10.8 Å². The second-order valence-corrected chi connectivity index (χ2v) is 11.0. The van der Waals surface area contributed by atoms with Crippen LogP contribution in [-0.4, -0.2) is 60.9 Å². The molecule has 36 heavy (non-hydrogen) atoms. The van der Waals surface area contributed by atoms with Gasteiger partial charge >= 0.3 is 5.97 Å². The molecule has 0 unspecified atom stereocenters. The summed E-state index contributed by atoms with van der Waals surface area (Å²) in [6, 6.07) is 12.8. The van der Waals surface area contributed by atoms with E-state index in [1.54, 1.807) is 20.8 Å². The molecule has 8 heteroatoms. The average Bonchev–Trinajstić information content (AvgIpc) is 2.79. The number of hydrogen-bond acceptors (Lipinski definition) is 6. The molecule has 3 N–H and O–H groups in total. The Hall–Kier alpha value is -2.97. The third kappa shape index (κ3) is 8.31. The zero-order valence-electron chi connectivity index (χ0n) is 22.4. The maximum absolute atomic E-state index is 13.7. The molecular formula is C28H40N2O6. The summed E-state index contributed by atoms with van der Waals surface area (Å²) in [5.41, 5.74) is -0.573. The van der Waals surface area contributed by atoms with Gasteiger partial charge < -0.3 is 25.2 Å². The lowest BCUT2D eigenvalue weighted by atomic mass is 9.84. The quantitative estimate of drug-likeness (QED) is 0.432. The minimum atomic E-state index is -1.28. The van der Waals surface area contributed by atoms with Crippen molar-refractivity contribution < 1.29 is 29.0 Å². The predicted octanol–water partition coefficient (Wildman–Crippen LogP) is 2.99. The molecule has 0 saturated carbocycles. The van der Waals surface area contributed by atoms with Crippen LogP contribution in [0.4, 0.5) is 0 Å². The molecule has 0 spiro atoms. The van der Waals surface area contributed by atoms with Crippen molar-refractivity contribution >= 4 is 28.6 Å². The molecule has 0 aliphatic rings. The fourth-order valence-electron chi connectivity index (χ4n) is 3.91. The zero-order valence-corrected chi connectivity index (χ0v) is 22.4. The molecule has 2 rings (SSSR count). The molecule has 0 aliphatic carbocycles. The minimum Gasteiger partial charge on any atom is -0.458 e. The number of aliphatic hydroxyl groups is 1. The highest BCUT2D eigenvalue weighted by Crippen LogP contribution is 2.25. The van der Waals surface area contributed by atoms with Crippen LogP contribution in [-0.2, 0) is 30.3 Å². The van der Waals surface area contributed by atoms with Crippen LogP contribution in [0.5, 0.6) is 0 Å². The van der Waals surface area contributed by atoms with Crippen molar-refractivity contribution in [2.45, 2.75) is 65.7 Å². The van der Waals surface area contributed by atoms with Crippen molar-refractivity contribution in [2.75, 3.05) is 20.3 Å². The smallest absolute Gasteiger partial charge is 0.336 e. The number of amides is 2. The molecular weight excluding hydrogens is 460 g/mol. The number of fused-ring (bicyclic) bond motifs is 1. The highest BCUT2D eigenvalue weighted by molar-refractivity contribution is 5.92. The molecule has 0 saturated heterocycles. The number of nitrogens with one attached hydrogen (secondary N) is 2. The SMILES string of the molecule is CNC(=O)[C@@H](NC(=O)[C@H](Cc1ccc2ccccc2c1)[C@H](OCCO)C(=O)OC(C)(C)C)C(C)(C)C. The standard InChI is InChI=1S/C28H40N2O6/c1-27(2,3)23(25(33)29-7)30-24(32)21(22(35-15-14-31)26(34)36-28(4,5)6)17-18-12-13-19-10-8-9-11-20(19)16-18/h8-13,16,21-23,31H,14-15,17H2,1-7H3,(H,29,33)(H,30,32)/t21-,22+,23-/m1/s1. The van der Waals surface area contributed by atoms with E-state index in [2.05, 4.69) is 10.6 Å². The molecule has 2 amide bonds. The van der Waals surface area contributed by atoms with E-state index in [-0.39, 0.29) is 25.5 Å². The summed E-state index contributed by atoms with van der Waals surface area (Å²) in [6.45, 7) is 10.3. The number of carbonyl (C=O) groups excluding carboxylic acids is 3. The Morgan fingerprint density at radius 3 is 2.14 bits per heavy atom. The van der Waals surface area contributed by atoms with Crippen LogP contribution < -0.4 is 10.6 Å². The number of esters is 1. The van der Waals surface area contributed by atoms with E-state index >= 15 is 0 Å². The number of aliphatic hydroxyl groups excluding tert-OH is 1. The lowest BCUT2D eigenvalue weighted by Gasteiger charge is -2.33. The van der Waals surface area contributed by atoms with Gasteiger partial charge in [0.25, 0.3) is 0 Å². The lowest BCUT2D eigenvalue weighted by molar-refractivity contribution is -0.175. The highest BCUT2D eigenvalue weighted by Gasteiger charge is 2.41. The topological polar surface area (TPSA) is 114 Å². The maximum Gasteiger partial charge on any atom is 0.336 e. The summed E-state index contributed by atoms with van der Waals surface area (Å²) in [4.78, 5) is 39.5. The summed E-state index contributed by atoms with van der Waals surface area (Å²) >= 11 is 0. The Morgan fingerprint density at radius 1 is 0.944 bits per heavy atom. The first-order valence-electron chi connectivity index (χ1n) is 12.2. The van der Waals surface area contributed by atoms with Gasteiger partial charge in [0.2, 0.25) is 11.8 Å². The lowest BCUT2D eigenvalue weighted by Crippen LogP contribution is -2.56. The van der Waals surface area contributed by atoms with Crippen molar-refractivity contribution in [3.05, 3.63) is 48.0 Å². The molecule has 2 aromatic carbocycles. The van der Waals surface area contributed by atoms with E-state index in [0.29, 0.717) is 0 Å². The molecule has 198 valence electrons. The Morgan fingerprint density at radius 2 is 1.58 bits per heavy atom. The van der Waals surface area contributed by atoms with Crippen LogP contribution in [0.15, 0.2) is 42.5 Å². The van der Waals surface area contributed by atoms with E-state index in [9.17, 15) is 19.5 Å². The zero-order chi connectivity index (χ0) is 27.1. The predicted molar refractivity (Wildman–Crippen MR) is 139 cm³/mol. The van der Waals surface area contributed by atoms with Crippen molar-refractivity contribution in [3.63, 3.8) is 0 Å². The fourth-order valence-corrected chi connectivity index (χ4v) is 3.91. The van der Waals surface area contributed by atoms with Gasteiger partial charge in [0.1, 0.15) is 11.6 Å². The van der Waals surface area contributed by atoms with Crippen LogP contribution in [0, 0.1) is 11.3 Å². The van der Waals surface area contributed by atoms with Gasteiger partial charge in [-0.1, -0.05) is 63.2 Å². The van der Waals surface area contributed by atoms with Gasteiger partial charge in [-0.05, 0) is 48.9 Å². The molecule has 0 aromatic heterocycles. The summed E-state index contributed by atoms with van der Waals surface area (Å²) in [7, 11) is 1.51. The van der Waals surface area contributed by atoms with Gasteiger partial charge in [-0.3, -0.25) is 9.59 Å². The van der Waals surface area contributed by atoms with E-state index < -0.39 is 41.0 Å². The first-order chi connectivity index (χ1) is 16.8. The molecule has 0 aliphatic heterocycles. The normalized spacial score (nSPS) is 14.6. The summed E-state index contributed by atoms with van der Waals surface area (Å²) < 4.78 is 11.3. The van der Waals surface area contributed by atoms with Crippen LogP contribution in [0.3, 0.4) is 0 Å². The monoisotopic (exact) mass is 500 g/mol. The van der Waals surface area contributed by atoms with Gasteiger partial charge in [-0.2, -0.15) is 0 Å². The Bertz CT molecular complexity index is 1050. The fraction of sp³-hybridized carbons (Fsp3) is 0.536. The van der Waals surface area contributed by atoms with Crippen molar-refractivity contribution in [3.8, 4) is 0 Å². The summed E-state index contributed by atoms with van der Waals surface area (Å²) in [5, 5.41) is 16.9. The van der Waals surface area contributed by atoms with Crippen molar-refractivity contribution in [2.24, 2.45) is 11.3 Å². The van der Waals surface area contributed by atoms with Crippen LogP contribution in [0.2, 0.25) is 0 Å². The molecule has 8 nitrogen and oxygen atoms in total. The largest absolute Gasteiger partial charge is 0.458 e. The maximum atomic E-state index is 13.7. The third-order valence-electron chi connectivity index (χ3n) is 5.66. The number of benzene rings is 2. The number of hydrogen-bond donors (Lipinski definition) is 3. The molecule has 0 bridgehead atoms. The van der Waals surface area contributed by atoms with Gasteiger partial charge in [0.15, 0.2) is 6.10 Å². The van der Waals surface area contributed by atoms with Gasteiger partial charge in [0.05, 0.1) is 19.1 Å². The van der Waals surface area contributed by atoms with Crippen molar-refractivity contribution in [1.82, 2.24) is 10.6 Å². The average molecular weight is 501 g/mol. The van der Waals surface area contributed by atoms with Crippen LogP contribution >= 0.6 is 0 Å². The number of rotatable bonds is 10.